The average Bonchev–Trinajstić information content (AvgIpc) is 3.16. The van der Waals surface area contributed by atoms with E-state index in [2.05, 4.69) is 31.2 Å². The number of benzene rings is 2. The number of ether oxygens (including phenoxy) is 2. The maximum atomic E-state index is 12.9. The van der Waals surface area contributed by atoms with E-state index in [1.807, 2.05) is 23.1 Å². The highest BCUT2D eigenvalue weighted by Gasteiger charge is 2.29. The van der Waals surface area contributed by atoms with Gasteiger partial charge in [-0.05, 0) is 55.5 Å². The second kappa shape index (κ2) is 8.26. The number of nitrogens with zero attached hydrogens (tertiary/aromatic N) is 1. The lowest BCUT2D eigenvalue weighted by Crippen LogP contribution is -2.30. The first-order valence-electron chi connectivity index (χ1n) is 9.19. The zero-order valence-corrected chi connectivity index (χ0v) is 15.8. The molecule has 1 amide bonds. The zero-order valence-electron chi connectivity index (χ0n) is 15.8. The summed E-state index contributed by atoms with van der Waals surface area (Å²) in [4.78, 5) is 14.9. The van der Waals surface area contributed by atoms with Gasteiger partial charge in [0.15, 0.2) is 0 Å². The van der Waals surface area contributed by atoms with Crippen LogP contribution in [0.4, 0.5) is 0 Å². The summed E-state index contributed by atoms with van der Waals surface area (Å²) in [6.45, 7) is 2.93. The zero-order chi connectivity index (χ0) is 18.5. The number of aryl methyl sites for hydroxylation is 2. The van der Waals surface area contributed by atoms with Crippen LogP contribution >= 0.6 is 0 Å². The highest BCUT2D eigenvalue weighted by atomic mass is 16.5. The SMILES string of the molecule is COc1ccc(OC)c(CCC(=O)N2CCCC2c2ccc(C)cc2)c1. The molecule has 1 aliphatic rings. The van der Waals surface area contributed by atoms with Gasteiger partial charge in [-0.2, -0.15) is 0 Å². The molecule has 1 saturated heterocycles. The molecule has 138 valence electrons. The lowest BCUT2D eigenvalue weighted by Gasteiger charge is -2.25. The Balaban J connectivity index is 1.68. The number of hydrogen-bond donors (Lipinski definition) is 0. The number of carbonyl (C=O) groups is 1. The molecular formula is C22H27NO3. The van der Waals surface area contributed by atoms with E-state index in [4.69, 9.17) is 9.47 Å². The molecule has 4 nitrogen and oxygen atoms in total. The molecule has 26 heavy (non-hydrogen) atoms. The number of methoxy groups -OCH3 is 2. The minimum Gasteiger partial charge on any atom is -0.497 e. The van der Waals surface area contributed by atoms with Crippen molar-refractivity contribution in [3.8, 4) is 11.5 Å². The second-order valence-corrected chi connectivity index (χ2v) is 6.83. The summed E-state index contributed by atoms with van der Waals surface area (Å²) in [7, 11) is 3.30. The molecule has 0 N–H and O–H groups in total. The first-order chi connectivity index (χ1) is 12.6. The van der Waals surface area contributed by atoms with Crippen molar-refractivity contribution in [2.24, 2.45) is 0 Å². The van der Waals surface area contributed by atoms with E-state index >= 15 is 0 Å². The average molecular weight is 353 g/mol. The highest BCUT2D eigenvalue weighted by Crippen LogP contribution is 2.33. The number of amides is 1. The summed E-state index contributed by atoms with van der Waals surface area (Å²) < 4.78 is 10.7. The first kappa shape index (κ1) is 18.3. The van der Waals surface area contributed by atoms with Crippen LogP contribution in [0.5, 0.6) is 11.5 Å². The lowest BCUT2D eigenvalue weighted by molar-refractivity contribution is -0.132. The Morgan fingerprint density at radius 2 is 1.88 bits per heavy atom. The van der Waals surface area contributed by atoms with Crippen molar-refractivity contribution in [2.75, 3.05) is 20.8 Å². The Morgan fingerprint density at radius 1 is 1.12 bits per heavy atom. The monoisotopic (exact) mass is 353 g/mol. The Bertz CT molecular complexity index is 754. The maximum Gasteiger partial charge on any atom is 0.223 e. The molecule has 2 aromatic carbocycles. The molecule has 0 spiro atoms. The fourth-order valence-corrected chi connectivity index (χ4v) is 3.66. The molecule has 0 radical (unpaired) electrons. The fourth-order valence-electron chi connectivity index (χ4n) is 3.66. The van der Waals surface area contributed by atoms with Gasteiger partial charge < -0.3 is 14.4 Å². The van der Waals surface area contributed by atoms with E-state index in [9.17, 15) is 4.79 Å². The van der Waals surface area contributed by atoms with E-state index in [0.717, 1.165) is 36.4 Å². The van der Waals surface area contributed by atoms with Crippen LogP contribution in [0.25, 0.3) is 0 Å². The van der Waals surface area contributed by atoms with E-state index in [1.54, 1.807) is 14.2 Å². The van der Waals surface area contributed by atoms with Gasteiger partial charge in [-0.15, -0.1) is 0 Å². The molecule has 3 rings (SSSR count). The Hall–Kier alpha value is -2.49. The van der Waals surface area contributed by atoms with Gasteiger partial charge >= 0.3 is 0 Å². The van der Waals surface area contributed by atoms with Crippen LogP contribution in [0.2, 0.25) is 0 Å². The van der Waals surface area contributed by atoms with Crippen molar-refractivity contribution in [1.82, 2.24) is 4.90 Å². The molecule has 0 saturated carbocycles. The Morgan fingerprint density at radius 3 is 2.58 bits per heavy atom. The Kier molecular flexibility index (Phi) is 5.82. The Labute approximate surface area is 155 Å². The van der Waals surface area contributed by atoms with Gasteiger partial charge in [0, 0.05) is 13.0 Å². The summed E-state index contributed by atoms with van der Waals surface area (Å²) in [6.07, 6.45) is 3.23. The van der Waals surface area contributed by atoms with Crippen LogP contribution in [0.15, 0.2) is 42.5 Å². The smallest absolute Gasteiger partial charge is 0.223 e. The van der Waals surface area contributed by atoms with Gasteiger partial charge in [0.05, 0.1) is 20.3 Å². The molecule has 0 bridgehead atoms. The van der Waals surface area contributed by atoms with Crippen LogP contribution in [-0.2, 0) is 11.2 Å². The van der Waals surface area contributed by atoms with Crippen molar-refractivity contribution in [1.29, 1.82) is 0 Å². The summed E-state index contributed by atoms with van der Waals surface area (Å²) in [5.41, 5.74) is 3.49. The molecule has 4 heteroatoms. The van der Waals surface area contributed by atoms with E-state index in [1.165, 1.54) is 11.1 Å². The third kappa shape index (κ3) is 4.01. The molecule has 1 fully saturated rings. The maximum absolute atomic E-state index is 12.9. The van der Waals surface area contributed by atoms with Crippen LogP contribution in [0.1, 0.15) is 42.0 Å². The summed E-state index contributed by atoms with van der Waals surface area (Å²) in [5, 5.41) is 0. The predicted molar refractivity (Wildman–Crippen MR) is 103 cm³/mol. The van der Waals surface area contributed by atoms with Crippen molar-refractivity contribution in [3.63, 3.8) is 0 Å². The standard InChI is InChI=1S/C22H27NO3/c1-16-6-8-17(9-7-16)20-5-4-14-23(20)22(24)13-10-18-15-19(25-2)11-12-21(18)26-3/h6-9,11-12,15,20H,4-5,10,13-14H2,1-3H3. The topological polar surface area (TPSA) is 38.8 Å². The third-order valence-corrected chi connectivity index (χ3v) is 5.13. The van der Waals surface area contributed by atoms with E-state index in [-0.39, 0.29) is 11.9 Å². The highest BCUT2D eigenvalue weighted by molar-refractivity contribution is 5.77. The van der Waals surface area contributed by atoms with Crippen molar-refractivity contribution in [3.05, 3.63) is 59.2 Å². The van der Waals surface area contributed by atoms with Gasteiger partial charge in [0.25, 0.3) is 0 Å². The second-order valence-electron chi connectivity index (χ2n) is 6.83. The minimum atomic E-state index is 0.204. The van der Waals surface area contributed by atoms with E-state index in [0.29, 0.717) is 12.8 Å². The van der Waals surface area contributed by atoms with E-state index < -0.39 is 0 Å². The molecule has 1 atom stereocenters. The number of hydrogen-bond acceptors (Lipinski definition) is 3. The van der Waals surface area contributed by atoms with Crippen LogP contribution in [0.3, 0.4) is 0 Å². The van der Waals surface area contributed by atoms with Crippen LogP contribution < -0.4 is 9.47 Å². The number of carbonyl (C=O) groups excluding carboxylic acids is 1. The summed E-state index contributed by atoms with van der Waals surface area (Å²) >= 11 is 0. The normalized spacial score (nSPS) is 16.6. The molecule has 0 aliphatic carbocycles. The summed E-state index contributed by atoms with van der Waals surface area (Å²) in [5.74, 6) is 1.79. The molecular weight excluding hydrogens is 326 g/mol. The summed E-state index contributed by atoms with van der Waals surface area (Å²) in [6, 6.07) is 14.5. The van der Waals surface area contributed by atoms with Crippen molar-refractivity contribution >= 4 is 5.91 Å². The first-order valence-corrected chi connectivity index (χ1v) is 9.19. The van der Waals surface area contributed by atoms with Crippen molar-refractivity contribution in [2.45, 2.75) is 38.6 Å². The van der Waals surface area contributed by atoms with Gasteiger partial charge in [-0.3, -0.25) is 4.79 Å². The van der Waals surface area contributed by atoms with Gasteiger partial charge in [-0.25, -0.2) is 0 Å². The molecule has 0 aromatic heterocycles. The van der Waals surface area contributed by atoms with Gasteiger partial charge in [0.1, 0.15) is 11.5 Å². The number of rotatable bonds is 6. The van der Waals surface area contributed by atoms with Crippen LogP contribution in [0, 0.1) is 6.92 Å². The third-order valence-electron chi connectivity index (χ3n) is 5.13. The quantitative estimate of drug-likeness (QED) is 0.777. The predicted octanol–water partition coefficient (Wildman–Crippen LogP) is 4.31. The molecule has 1 aliphatic heterocycles. The number of likely N-dealkylation sites (tertiary alicyclic amines) is 1. The lowest BCUT2D eigenvalue weighted by atomic mass is 10.0. The minimum absolute atomic E-state index is 0.204. The molecule has 2 aromatic rings. The van der Waals surface area contributed by atoms with Crippen molar-refractivity contribution < 1.29 is 14.3 Å². The van der Waals surface area contributed by atoms with Crippen LogP contribution in [-0.4, -0.2) is 31.6 Å². The molecule has 1 unspecified atom stereocenters. The van der Waals surface area contributed by atoms with Gasteiger partial charge in [0.2, 0.25) is 5.91 Å². The van der Waals surface area contributed by atoms with Gasteiger partial charge in [-0.1, -0.05) is 29.8 Å². The largest absolute Gasteiger partial charge is 0.497 e. The fraction of sp³-hybridized carbons (Fsp3) is 0.409. The molecule has 1 heterocycles.